The van der Waals surface area contributed by atoms with Crippen LogP contribution < -0.4 is 5.32 Å². The first-order chi connectivity index (χ1) is 13.1. The zero-order valence-electron chi connectivity index (χ0n) is 14.4. The third-order valence-electron chi connectivity index (χ3n) is 3.87. The molecule has 2 aromatic carbocycles. The number of nitrogens with zero attached hydrogens (tertiary/aromatic N) is 2. The zero-order chi connectivity index (χ0) is 20.5. The molecule has 0 aliphatic carbocycles. The molecule has 1 N–H and O–H groups in total. The van der Waals surface area contributed by atoms with Crippen molar-refractivity contribution in [1.82, 2.24) is 9.55 Å². The van der Waals surface area contributed by atoms with E-state index >= 15 is 0 Å². The van der Waals surface area contributed by atoms with Crippen molar-refractivity contribution in [3.05, 3.63) is 72.3 Å². The molecule has 0 spiro atoms. The largest absolute Gasteiger partial charge is 0.416 e. The van der Waals surface area contributed by atoms with Gasteiger partial charge in [0.1, 0.15) is 0 Å². The first-order valence-electron chi connectivity index (χ1n) is 7.87. The number of amides is 1. The lowest BCUT2D eigenvalue weighted by Crippen LogP contribution is -2.14. The highest BCUT2D eigenvalue weighted by Crippen LogP contribution is 2.30. The monoisotopic (exact) mass is 409 g/mol. The maximum Gasteiger partial charge on any atom is 0.416 e. The van der Waals surface area contributed by atoms with Crippen LogP contribution >= 0.6 is 0 Å². The molecule has 3 rings (SSSR count). The summed E-state index contributed by atoms with van der Waals surface area (Å²) in [5.41, 5.74) is -0.317. The number of sulfone groups is 1. The van der Waals surface area contributed by atoms with E-state index < -0.39 is 27.5 Å². The van der Waals surface area contributed by atoms with Gasteiger partial charge in [-0.1, -0.05) is 0 Å². The summed E-state index contributed by atoms with van der Waals surface area (Å²) in [7, 11) is -3.66. The third-order valence-corrected chi connectivity index (χ3v) is 5.00. The first kappa shape index (κ1) is 19.6. The Labute approximate surface area is 158 Å². The molecule has 0 atom stereocenters. The Morgan fingerprint density at radius 2 is 1.79 bits per heavy atom. The minimum Gasteiger partial charge on any atom is -0.322 e. The van der Waals surface area contributed by atoms with Crippen molar-refractivity contribution in [1.29, 1.82) is 0 Å². The number of carbonyl (C=O) groups is 1. The summed E-state index contributed by atoms with van der Waals surface area (Å²) in [6, 6.07) is 8.03. The summed E-state index contributed by atoms with van der Waals surface area (Å²) in [6.45, 7) is 0. The number of carbonyl (C=O) groups excluding carboxylic acids is 1. The van der Waals surface area contributed by atoms with Crippen LogP contribution in [0, 0.1) is 0 Å². The van der Waals surface area contributed by atoms with Crippen LogP contribution in [-0.2, 0) is 16.0 Å². The van der Waals surface area contributed by atoms with Crippen molar-refractivity contribution in [2.75, 3.05) is 11.6 Å². The molecule has 0 fully saturated rings. The molecule has 0 bridgehead atoms. The molecule has 0 saturated heterocycles. The van der Waals surface area contributed by atoms with E-state index in [2.05, 4.69) is 10.3 Å². The SMILES string of the molecule is CS(=O)(=O)c1cc(C(=O)Nc2ccc(C(F)(F)F)cc2)ccc1-n1ccnc1. The molecule has 3 aromatic rings. The Balaban J connectivity index is 1.90. The Hall–Kier alpha value is -3.14. The molecule has 10 heteroatoms. The van der Waals surface area contributed by atoms with Gasteiger partial charge >= 0.3 is 6.18 Å². The van der Waals surface area contributed by atoms with Crippen molar-refractivity contribution in [2.24, 2.45) is 0 Å². The van der Waals surface area contributed by atoms with E-state index in [0.717, 1.165) is 30.5 Å². The second-order valence-electron chi connectivity index (χ2n) is 5.95. The Bertz CT molecular complexity index is 1110. The predicted molar refractivity (Wildman–Crippen MR) is 96.1 cm³/mol. The average Bonchev–Trinajstić information content (AvgIpc) is 3.14. The summed E-state index contributed by atoms with van der Waals surface area (Å²) >= 11 is 0. The maximum absolute atomic E-state index is 12.6. The Morgan fingerprint density at radius 3 is 2.32 bits per heavy atom. The molecule has 146 valence electrons. The number of halogens is 3. The van der Waals surface area contributed by atoms with E-state index in [4.69, 9.17) is 0 Å². The second-order valence-corrected chi connectivity index (χ2v) is 7.94. The lowest BCUT2D eigenvalue weighted by molar-refractivity contribution is -0.137. The number of hydrogen-bond acceptors (Lipinski definition) is 4. The van der Waals surface area contributed by atoms with E-state index in [-0.39, 0.29) is 16.1 Å². The van der Waals surface area contributed by atoms with Crippen molar-refractivity contribution in [3.63, 3.8) is 0 Å². The second kappa shape index (κ2) is 7.12. The molecular formula is C18H14F3N3O3S. The van der Waals surface area contributed by atoms with Crippen molar-refractivity contribution >= 4 is 21.4 Å². The van der Waals surface area contributed by atoms with Crippen LogP contribution in [0.15, 0.2) is 66.1 Å². The van der Waals surface area contributed by atoms with Gasteiger partial charge in [0.2, 0.25) is 0 Å². The van der Waals surface area contributed by atoms with Gasteiger partial charge in [0, 0.05) is 29.9 Å². The number of alkyl halides is 3. The summed E-state index contributed by atoms with van der Waals surface area (Å²) in [6.07, 6.45) is 1.01. The number of benzene rings is 2. The highest BCUT2D eigenvalue weighted by atomic mass is 32.2. The molecule has 0 aliphatic heterocycles. The normalized spacial score (nSPS) is 12.0. The molecule has 0 aliphatic rings. The van der Waals surface area contributed by atoms with Crippen molar-refractivity contribution in [2.45, 2.75) is 11.1 Å². The fourth-order valence-corrected chi connectivity index (χ4v) is 3.41. The minimum atomic E-state index is -4.48. The standard InChI is InChI=1S/C18H14F3N3O3S/c1-28(26,27)16-10-12(2-7-15(16)24-9-8-22-11-24)17(25)23-14-5-3-13(4-6-14)18(19,20)21/h2-11H,1H3,(H,23,25). The van der Waals surface area contributed by atoms with Crippen molar-refractivity contribution < 1.29 is 26.4 Å². The summed E-state index contributed by atoms with van der Waals surface area (Å²) in [5, 5.41) is 2.45. The van der Waals surface area contributed by atoms with E-state index in [1.165, 1.54) is 35.3 Å². The molecule has 1 amide bonds. The van der Waals surface area contributed by atoms with E-state index in [1.54, 1.807) is 6.20 Å². The molecule has 28 heavy (non-hydrogen) atoms. The number of hydrogen-bond donors (Lipinski definition) is 1. The van der Waals surface area contributed by atoms with E-state index in [1.807, 2.05) is 0 Å². The molecule has 0 radical (unpaired) electrons. The van der Waals surface area contributed by atoms with Gasteiger partial charge in [-0.05, 0) is 42.5 Å². The summed E-state index contributed by atoms with van der Waals surface area (Å²) in [5.74, 6) is -0.651. The number of aromatic nitrogens is 2. The van der Waals surface area contributed by atoms with Crippen LogP contribution in [0.1, 0.15) is 15.9 Å². The number of rotatable bonds is 4. The van der Waals surface area contributed by atoms with Gasteiger partial charge in [-0.15, -0.1) is 0 Å². The maximum atomic E-state index is 12.6. The van der Waals surface area contributed by atoms with Gasteiger partial charge in [0.05, 0.1) is 22.5 Å². The van der Waals surface area contributed by atoms with Crippen molar-refractivity contribution in [3.8, 4) is 5.69 Å². The van der Waals surface area contributed by atoms with E-state index in [9.17, 15) is 26.4 Å². The topological polar surface area (TPSA) is 81.1 Å². The van der Waals surface area contributed by atoms with Gasteiger partial charge < -0.3 is 9.88 Å². The van der Waals surface area contributed by atoms with Crippen LogP contribution in [-0.4, -0.2) is 30.1 Å². The zero-order valence-corrected chi connectivity index (χ0v) is 15.3. The van der Waals surface area contributed by atoms with Gasteiger partial charge in [0.15, 0.2) is 9.84 Å². The minimum absolute atomic E-state index is 0.0455. The van der Waals surface area contributed by atoms with Crippen LogP contribution in [0.25, 0.3) is 5.69 Å². The molecule has 0 unspecified atom stereocenters. The number of imidazole rings is 1. The smallest absolute Gasteiger partial charge is 0.322 e. The molecule has 1 aromatic heterocycles. The lowest BCUT2D eigenvalue weighted by Gasteiger charge is -2.12. The Morgan fingerprint density at radius 1 is 1.11 bits per heavy atom. The Kier molecular flexibility index (Phi) is 4.99. The molecule has 6 nitrogen and oxygen atoms in total. The molecule has 1 heterocycles. The van der Waals surface area contributed by atoms with Crippen LogP contribution in [0.3, 0.4) is 0 Å². The predicted octanol–water partition coefficient (Wildman–Crippen LogP) is 3.55. The van der Waals surface area contributed by atoms with E-state index in [0.29, 0.717) is 5.69 Å². The van der Waals surface area contributed by atoms with Gasteiger partial charge in [-0.25, -0.2) is 13.4 Å². The molecule has 0 saturated carbocycles. The summed E-state index contributed by atoms with van der Waals surface area (Å²) in [4.78, 5) is 16.2. The average molecular weight is 409 g/mol. The first-order valence-corrected chi connectivity index (χ1v) is 9.76. The van der Waals surface area contributed by atoms with Gasteiger partial charge in [-0.3, -0.25) is 4.79 Å². The number of anilines is 1. The van der Waals surface area contributed by atoms with Crippen LogP contribution in [0.4, 0.5) is 18.9 Å². The van der Waals surface area contributed by atoms with Crippen LogP contribution in [0.5, 0.6) is 0 Å². The number of nitrogens with one attached hydrogen (secondary N) is 1. The quantitative estimate of drug-likeness (QED) is 0.715. The third kappa shape index (κ3) is 4.22. The van der Waals surface area contributed by atoms with Gasteiger partial charge in [-0.2, -0.15) is 13.2 Å². The fourth-order valence-electron chi connectivity index (χ4n) is 2.51. The van der Waals surface area contributed by atoms with Gasteiger partial charge in [0.25, 0.3) is 5.91 Å². The summed E-state index contributed by atoms with van der Waals surface area (Å²) < 4.78 is 63.6. The highest BCUT2D eigenvalue weighted by Gasteiger charge is 2.30. The fraction of sp³-hybridized carbons (Fsp3) is 0.111. The highest BCUT2D eigenvalue weighted by molar-refractivity contribution is 7.90. The van der Waals surface area contributed by atoms with Crippen LogP contribution in [0.2, 0.25) is 0 Å². The lowest BCUT2D eigenvalue weighted by atomic mass is 10.1. The molecular weight excluding hydrogens is 395 g/mol.